The lowest BCUT2D eigenvalue weighted by atomic mass is 10.0. The molecule has 3 aliphatic rings. The molecule has 9 nitrogen and oxygen atoms in total. The van der Waals surface area contributed by atoms with E-state index in [0.29, 0.717) is 37.5 Å². The van der Waals surface area contributed by atoms with Gasteiger partial charge in [0.2, 0.25) is 0 Å². The van der Waals surface area contributed by atoms with Crippen LogP contribution in [0.5, 0.6) is 0 Å². The highest BCUT2D eigenvalue weighted by atomic mass is 32.2. The number of carboxylic acid groups (broad SMARTS) is 1. The minimum Gasteiger partial charge on any atom is -0.480 e. The standard InChI is InChI=1S/C21H31N3O6S4/c1-4-24(5-2,6-3)30-34(28,29)13-9-12-22-15-10-7-8-11-16(15)32-20(22)18-19(27)23(14-17(25)26)21(31)33-18/h4-14H2,1-3H3/p+1/b20-18+. The number of rotatable bonds is 11. The number of amides is 1. The lowest BCUT2D eigenvalue weighted by Gasteiger charge is -2.31. The zero-order valence-electron chi connectivity index (χ0n) is 19.7. The molecule has 1 saturated heterocycles. The summed E-state index contributed by atoms with van der Waals surface area (Å²) in [6.07, 6.45) is 4.23. The molecule has 2 aliphatic heterocycles. The number of carbonyl (C=O) groups excluding carboxylic acids is 1. The van der Waals surface area contributed by atoms with Crippen molar-refractivity contribution < 1.29 is 32.0 Å². The van der Waals surface area contributed by atoms with Crippen LogP contribution in [-0.2, 0) is 24.0 Å². The summed E-state index contributed by atoms with van der Waals surface area (Å²) in [5.41, 5.74) is 1.13. The highest BCUT2D eigenvalue weighted by molar-refractivity contribution is 8.27. The first kappa shape index (κ1) is 27.5. The molecule has 0 spiro atoms. The molecule has 0 aromatic heterocycles. The van der Waals surface area contributed by atoms with Crippen molar-refractivity contribution in [3.63, 3.8) is 0 Å². The van der Waals surface area contributed by atoms with Gasteiger partial charge >= 0.3 is 16.1 Å². The maximum atomic E-state index is 13.0. The molecule has 0 atom stereocenters. The van der Waals surface area contributed by atoms with Crippen LogP contribution >= 0.6 is 35.7 Å². The van der Waals surface area contributed by atoms with Gasteiger partial charge in [0.1, 0.15) is 35.4 Å². The number of thiocarbonyl (C=S) groups is 1. The Kier molecular flexibility index (Phi) is 9.12. The topological polar surface area (TPSA) is 104 Å². The number of hydrogen-bond donors (Lipinski definition) is 1. The van der Waals surface area contributed by atoms with E-state index in [1.54, 1.807) is 0 Å². The number of aliphatic carboxylic acids is 1. The fourth-order valence-corrected chi connectivity index (χ4v) is 8.39. The predicted octanol–water partition coefficient (Wildman–Crippen LogP) is 3.46. The van der Waals surface area contributed by atoms with E-state index in [2.05, 4.69) is 0 Å². The van der Waals surface area contributed by atoms with Crippen LogP contribution in [0.4, 0.5) is 0 Å². The summed E-state index contributed by atoms with van der Waals surface area (Å²) in [5.74, 6) is -1.65. The molecule has 190 valence electrons. The summed E-state index contributed by atoms with van der Waals surface area (Å²) in [4.78, 5) is 28.9. The third kappa shape index (κ3) is 5.98. The van der Waals surface area contributed by atoms with Gasteiger partial charge in [0.15, 0.2) is 0 Å². The zero-order valence-corrected chi connectivity index (χ0v) is 23.0. The van der Waals surface area contributed by atoms with E-state index in [4.69, 9.17) is 21.6 Å². The number of nitrogens with zero attached hydrogens (tertiary/aromatic N) is 3. The monoisotopic (exact) mass is 550 g/mol. The van der Waals surface area contributed by atoms with Crippen molar-refractivity contribution in [2.24, 2.45) is 0 Å². The van der Waals surface area contributed by atoms with Gasteiger partial charge in [-0.05, 0) is 52.9 Å². The average molecular weight is 551 g/mol. The average Bonchev–Trinajstić information content (AvgIpc) is 3.29. The molecule has 0 saturated carbocycles. The molecule has 13 heteroatoms. The van der Waals surface area contributed by atoms with Crippen molar-refractivity contribution in [1.29, 1.82) is 0 Å². The molecule has 2 heterocycles. The molecule has 3 rings (SSSR count). The molecule has 1 amide bonds. The SMILES string of the molecule is CC[N+](CC)(CC)OS(=O)(=O)CCCN1C2=C(CCCC2)S/C1=C1/SC(=S)N(CC(=O)O)C1=O. The van der Waals surface area contributed by atoms with E-state index in [0.717, 1.165) is 53.1 Å². The first-order chi connectivity index (χ1) is 16.1. The van der Waals surface area contributed by atoms with Crippen molar-refractivity contribution >= 4 is 62.1 Å². The third-order valence-corrected chi connectivity index (χ3v) is 10.5. The van der Waals surface area contributed by atoms with Crippen LogP contribution in [0.2, 0.25) is 0 Å². The highest BCUT2D eigenvalue weighted by Crippen LogP contribution is 2.51. The number of hydroxylamine groups is 3. The predicted molar refractivity (Wildman–Crippen MR) is 138 cm³/mol. The lowest BCUT2D eigenvalue weighted by Crippen LogP contribution is -2.49. The summed E-state index contributed by atoms with van der Waals surface area (Å²) < 4.78 is 31.3. The summed E-state index contributed by atoms with van der Waals surface area (Å²) >= 11 is 7.91. The van der Waals surface area contributed by atoms with Crippen molar-refractivity contribution in [2.75, 3.05) is 38.5 Å². The van der Waals surface area contributed by atoms with Crippen LogP contribution in [0.25, 0.3) is 0 Å². The second-order valence-electron chi connectivity index (χ2n) is 8.31. The van der Waals surface area contributed by atoms with E-state index < -0.39 is 28.5 Å². The van der Waals surface area contributed by atoms with E-state index in [1.807, 2.05) is 25.7 Å². The Morgan fingerprint density at radius 2 is 1.76 bits per heavy atom. The van der Waals surface area contributed by atoms with Gasteiger partial charge in [0.05, 0.1) is 10.8 Å². The maximum absolute atomic E-state index is 13.0. The summed E-state index contributed by atoms with van der Waals surface area (Å²) in [6, 6.07) is 0. The quantitative estimate of drug-likeness (QED) is 0.178. The number of quaternary nitrogens is 1. The first-order valence-electron chi connectivity index (χ1n) is 11.5. The van der Waals surface area contributed by atoms with Crippen LogP contribution in [0.1, 0.15) is 52.9 Å². The van der Waals surface area contributed by atoms with Crippen LogP contribution in [0.3, 0.4) is 0 Å². The van der Waals surface area contributed by atoms with E-state index in [9.17, 15) is 18.0 Å². The Morgan fingerprint density at radius 1 is 1.12 bits per heavy atom. The molecule has 0 radical (unpaired) electrons. The number of allylic oxidation sites excluding steroid dienone is 2. The van der Waals surface area contributed by atoms with E-state index in [-0.39, 0.29) is 14.7 Å². The Labute approximate surface area is 215 Å². The molecular formula is C21H32N3O6S4+. The third-order valence-electron chi connectivity index (χ3n) is 6.29. The Balaban J connectivity index is 1.78. The van der Waals surface area contributed by atoms with Gasteiger partial charge in [0.25, 0.3) is 5.91 Å². The van der Waals surface area contributed by atoms with E-state index in [1.165, 1.54) is 16.7 Å². The minimum absolute atomic E-state index is 0.0640. The van der Waals surface area contributed by atoms with Gasteiger partial charge < -0.3 is 10.0 Å². The molecule has 34 heavy (non-hydrogen) atoms. The van der Waals surface area contributed by atoms with Crippen molar-refractivity contribution in [3.8, 4) is 0 Å². The molecule has 0 bridgehead atoms. The van der Waals surface area contributed by atoms with Crippen LogP contribution in [0, 0.1) is 0 Å². The molecule has 1 aliphatic carbocycles. The van der Waals surface area contributed by atoms with Crippen LogP contribution in [-0.4, -0.2) is 82.6 Å². The molecule has 0 unspecified atom stereocenters. The molecule has 1 N–H and O–H groups in total. The van der Waals surface area contributed by atoms with Crippen LogP contribution < -0.4 is 0 Å². The number of hydrogen-bond acceptors (Lipinski definition) is 9. The van der Waals surface area contributed by atoms with Gasteiger partial charge in [-0.1, -0.05) is 40.0 Å². The first-order valence-corrected chi connectivity index (χ1v) is 15.1. The fourth-order valence-electron chi connectivity index (χ4n) is 4.26. The van der Waals surface area contributed by atoms with Gasteiger partial charge in [0, 0.05) is 17.1 Å². The number of carbonyl (C=O) groups is 2. The maximum Gasteiger partial charge on any atom is 0.323 e. The van der Waals surface area contributed by atoms with Gasteiger partial charge in [-0.3, -0.25) is 14.5 Å². The van der Waals surface area contributed by atoms with Crippen molar-refractivity contribution in [2.45, 2.75) is 52.9 Å². The number of carboxylic acids is 1. The van der Waals surface area contributed by atoms with Gasteiger partial charge in [-0.15, -0.1) is 0 Å². The molecule has 0 aromatic carbocycles. The lowest BCUT2D eigenvalue weighted by molar-refractivity contribution is -1.08. The molecular weight excluding hydrogens is 519 g/mol. The zero-order chi connectivity index (χ0) is 25.1. The summed E-state index contributed by atoms with van der Waals surface area (Å²) in [6.45, 7) is 7.38. The van der Waals surface area contributed by atoms with Crippen molar-refractivity contribution in [3.05, 3.63) is 20.5 Å². The second kappa shape index (κ2) is 11.3. The molecule has 0 aromatic rings. The smallest absolute Gasteiger partial charge is 0.323 e. The number of thioether (sulfide) groups is 2. The van der Waals surface area contributed by atoms with Crippen molar-refractivity contribution in [1.82, 2.24) is 9.80 Å². The normalized spacial score (nSPS) is 21.6. The van der Waals surface area contributed by atoms with Crippen LogP contribution in [0.15, 0.2) is 20.5 Å². The Morgan fingerprint density at radius 3 is 2.38 bits per heavy atom. The summed E-state index contributed by atoms with van der Waals surface area (Å²) in [5, 5.41) is 9.87. The highest BCUT2D eigenvalue weighted by Gasteiger charge is 2.41. The Bertz CT molecular complexity index is 1010. The largest absolute Gasteiger partial charge is 0.480 e. The van der Waals surface area contributed by atoms with Gasteiger partial charge in [-0.2, -0.15) is 13.1 Å². The summed E-state index contributed by atoms with van der Waals surface area (Å²) in [7, 11) is -3.73. The van der Waals surface area contributed by atoms with Gasteiger partial charge in [-0.25, -0.2) is 0 Å². The fraction of sp³-hybridized carbons (Fsp3) is 0.667. The second-order valence-corrected chi connectivity index (χ2v) is 12.7. The molecule has 1 fully saturated rings. The van der Waals surface area contributed by atoms with E-state index >= 15 is 0 Å². The Hall–Kier alpha value is -1.12. The minimum atomic E-state index is -3.73.